The molecule has 1 nitrogen and oxygen atoms in total. The van der Waals surface area contributed by atoms with E-state index in [1.165, 1.54) is 0 Å². The molecule has 1 fully saturated rings. The zero-order chi connectivity index (χ0) is 7.99. The zero-order valence-electron chi connectivity index (χ0n) is 4.63. The molecule has 0 radical (unpaired) electrons. The van der Waals surface area contributed by atoms with Gasteiger partial charge in [-0.1, -0.05) is 0 Å². The highest BCUT2D eigenvalue weighted by Gasteiger charge is 2.69. The van der Waals surface area contributed by atoms with Crippen LogP contribution in [0.25, 0.3) is 0 Å². The average molecular weight is 154 g/mol. The van der Waals surface area contributed by atoms with Crippen molar-refractivity contribution in [3.63, 3.8) is 0 Å². The lowest BCUT2D eigenvalue weighted by Crippen LogP contribution is -2.53. The van der Waals surface area contributed by atoms with Gasteiger partial charge in [-0.05, 0) is 0 Å². The van der Waals surface area contributed by atoms with E-state index in [2.05, 4.69) is 0 Å². The molecule has 0 amide bonds. The summed E-state index contributed by atoms with van der Waals surface area (Å²) in [5.41, 5.74) is -1.14. The minimum atomic E-state index is -4.26. The predicted molar refractivity (Wildman–Crippen MR) is 23.7 cm³/mol. The fraction of sp³-hybridized carbons (Fsp3) is 0.600. The van der Waals surface area contributed by atoms with Gasteiger partial charge in [-0.3, -0.25) is 0 Å². The van der Waals surface area contributed by atoms with Gasteiger partial charge in [0.2, 0.25) is 0 Å². The van der Waals surface area contributed by atoms with Gasteiger partial charge in [0, 0.05) is 0 Å². The number of hydrogen-bond acceptors (Lipinski definition) is 1. The van der Waals surface area contributed by atoms with Crippen molar-refractivity contribution in [3.8, 4) is 0 Å². The van der Waals surface area contributed by atoms with Crippen molar-refractivity contribution in [1.29, 1.82) is 0 Å². The Hall–Kier alpha value is -0.830. The molecule has 0 aromatic rings. The molecule has 1 rings (SSSR count). The second-order valence-electron chi connectivity index (χ2n) is 2.04. The molecule has 0 spiro atoms. The van der Waals surface area contributed by atoms with Crippen LogP contribution in [0.2, 0.25) is 0 Å². The van der Waals surface area contributed by atoms with Gasteiger partial charge in [-0.25, -0.2) is 4.79 Å². The first kappa shape index (κ1) is 7.28. The van der Waals surface area contributed by atoms with E-state index in [0.29, 0.717) is 0 Å². The summed E-state index contributed by atoms with van der Waals surface area (Å²) >= 11 is 0. The predicted octanol–water partition coefficient (Wildman–Crippen LogP) is 1.42. The molecule has 1 aliphatic carbocycles. The molecule has 0 saturated heterocycles. The molecule has 0 aromatic carbocycles. The zero-order valence-corrected chi connectivity index (χ0v) is 4.63. The van der Waals surface area contributed by atoms with Gasteiger partial charge in [0.25, 0.3) is 0 Å². The maximum atomic E-state index is 11.9. The van der Waals surface area contributed by atoms with Crippen molar-refractivity contribution < 1.29 is 22.4 Å². The number of hydrogen-bond donors (Lipinski definition) is 0. The van der Waals surface area contributed by atoms with Crippen LogP contribution in [0.15, 0.2) is 5.57 Å². The number of allylic oxidation sites excluding steroid dienone is 1. The Morgan fingerprint density at radius 1 is 1.30 bits per heavy atom. The summed E-state index contributed by atoms with van der Waals surface area (Å²) in [6.45, 7) is 0. The van der Waals surface area contributed by atoms with E-state index in [-0.39, 0.29) is 0 Å². The highest BCUT2D eigenvalue weighted by atomic mass is 19.3. The molecule has 0 atom stereocenters. The Balaban J connectivity index is 2.95. The van der Waals surface area contributed by atoms with Crippen LogP contribution >= 0.6 is 0 Å². The van der Waals surface area contributed by atoms with Crippen molar-refractivity contribution in [3.05, 3.63) is 5.57 Å². The number of halogens is 4. The summed E-state index contributed by atoms with van der Waals surface area (Å²) in [4.78, 5) is 9.52. The quantitative estimate of drug-likeness (QED) is 0.381. The molecule has 0 unspecified atom stereocenters. The lowest BCUT2D eigenvalue weighted by Gasteiger charge is -2.35. The van der Waals surface area contributed by atoms with Gasteiger partial charge in [0.05, 0.1) is 12.0 Å². The second kappa shape index (κ2) is 1.61. The fourth-order valence-corrected chi connectivity index (χ4v) is 0.658. The fourth-order valence-electron chi connectivity index (χ4n) is 0.658. The first-order valence-corrected chi connectivity index (χ1v) is 2.42. The molecule has 1 saturated carbocycles. The standard InChI is InChI=1S/C5H2F4O/c6-4(7)1-3(2-10)5(4,8)9/h1H2. The maximum Gasteiger partial charge on any atom is 0.342 e. The number of carbonyl (C=O) groups excluding carboxylic acids is 1. The summed E-state index contributed by atoms with van der Waals surface area (Å²) in [6, 6.07) is 0. The van der Waals surface area contributed by atoms with Crippen molar-refractivity contribution >= 4 is 5.94 Å². The molecule has 0 aliphatic heterocycles. The monoisotopic (exact) mass is 154 g/mol. The third-order valence-corrected chi connectivity index (χ3v) is 1.36. The van der Waals surface area contributed by atoms with Crippen LogP contribution in [-0.4, -0.2) is 17.8 Å². The van der Waals surface area contributed by atoms with Crippen molar-refractivity contribution in [1.82, 2.24) is 0 Å². The molecular weight excluding hydrogens is 152 g/mol. The van der Waals surface area contributed by atoms with E-state index in [4.69, 9.17) is 0 Å². The first-order valence-electron chi connectivity index (χ1n) is 2.42. The van der Waals surface area contributed by atoms with Crippen molar-refractivity contribution in [2.75, 3.05) is 0 Å². The summed E-state index contributed by atoms with van der Waals surface area (Å²) in [5, 5.41) is 0. The Morgan fingerprint density at radius 2 is 1.80 bits per heavy atom. The van der Waals surface area contributed by atoms with Crippen LogP contribution in [0.3, 0.4) is 0 Å². The van der Waals surface area contributed by atoms with E-state index >= 15 is 0 Å². The summed E-state index contributed by atoms with van der Waals surface area (Å²) in [6.07, 6.45) is -1.16. The lowest BCUT2D eigenvalue weighted by molar-refractivity contribution is -0.230. The normalized spacial score (nSPS) is 27.0. The highest BCUT2D eigenvalue weighted by molar-refractivity contribution is 5.60. The smallest absolute Gasteiger partial charge is 0.233 e. The minimum absolute atomic E-state index is 0.784. The third kappa shape index (κ3) is 0.609. The molecule has 10 heavy (non-hydrogen) atoms. The maximum absolute atomic E-state index is 11.9. The molecule has 0 bridgehead atoms. The lowest BCUT2D eigenvalue weighted by atomic mass is 9.84. The topological polar surface area (TPSA) is 17.1 Å². The van der Waals surface area contributed by atoms with Crippen molar-refractivity contribution in [2.24, 2.45) is 0 Å². The Labute approximate surface area is 53.3 Å². The Kier molecular flexibility index (Phi) is 1.17. The van der Waals surface area contributed by atoms with Crippen LogP contribution in [0, 0.1) is 0 Å². The first-order chi connectivity index (χ1) is 4.42. The Morgan fingerprint density at radius 3 is 1.90 bits per heavy atom. The molecule has 1 aliphatic rings. The SMILES string of the molecule is O=C=C1CC(F)(F)C1(F)F. The van der Waals surface area contributed by atoms with Crippen LogP contribution in [0.5, 0.6) is 0 Å². The minimum Gasteiger partial charge on any atom is -0.233 e. The van der Waals surface area contributed by atoms with Gasteiger partial charge in [-0.2, -0.15) is 17.6 Å². The van der Waals surface area contributed by atoms with Gasteiger partial charge in [-0.15, -0.1) is 0 Å². The summed E-state index contributed by atoms with van der Waals surface area (Å²) in [7, 11) is 0. The summed E-state index contributed by atoms with van der Waals surface area (Å²) in [5.74, 6) is -7.51. The molecule has 0 aromatic heterocycles. The summed E-state index contributed by atoms with van der Waals surface area (Å²) < 4.78 is 47.5. The highest BCUT2D eigenvalue weighted by Crippen LogP contribution is 2.53. The van der Waals surface area contributed by atoms with Gasteiger partial charge >= 0.3 is 11.8 Å². The van der Waals surface area contributed by atoms with Crippen molar-refractivity contribution in [2.45, 2.75) is 18.3 Å². The number of alkyl halides is 4. The molecular formula is C5H2F4O. The van der Waals surface area contributed by atoms with E-state index in [0.717, 1.165) is 5.94 Å². The van der Waals surface area contributed by atoms with Crippen LogP contribution in [0.4, 0.5) is 17.6 Å². The van der Waals surface area contributed by atoms with Crippen LogP contribution < -0.4 is 0 Å². The van der Waals surface area contributed by atoms with E-state index < -0.39 is 23.8 Å². The van der Waals surface area contributed by atoms with Gasteiger partial charge in [0.15, 0.2) is 0 Å². The van der Waals surface area contributed by atoms with Crippen LogP contribution in [-0.2, 0) is 4.79 Å². The van der Waals surface area contributed by atoms with Gasteiger partial charge < -0.3 is 0 Å². The average Bonchev–Trinajstić information content (AvgIpc) is 1.83. The third-order valence-electron chi connectivity index (χ3n) is 1.36. The van der Waals surface area contributed by atoms with E-state index in [1.807, 2.05) is 0 Å². The van der Waals surface area contributed by atoms with E-state index in [9.17, 15) is 22.4 Å². The van der Waals surface area contributed by atoms with Gasteiger partial charge in [0.1, 0.15) is 5.94 Å². The largest absolute Gasteiger partial charge is 0.342 e. The van der Waals surface area contributed by atoms with E-state index in [1.54, 1.807) is 0 Å². The molecule has 0 heterocycles. The Bertz CT molecular complexity index is 214. The molecule has 0 N–H and O–H groups in total. The molecule has 5 heteroatoms. The van der Waals surface area contributed by atoms with Crippen LogP contribution in [0.1, 0.15) is 6.42 Å². The molecule has 56 valence electrons. The second-order valence-corrected chi connectivity index (χ2v) is 2.04. The number of rotatable bonds is 0.